The highest BCUT2D eigenvalue weighted by Crippen LogP contribution is 2.20. The Morgan fingerprint density at radius 2 is 1.85 bits per heavy atom. The van der Waals surface area contributed by atoms with Crippen LogP contribution in [0.15, 0.2) is 40.9 Å². The van der Waals surface area contributed by atoms with Gasteiger partial charge in [-0.05, 0) is 51.8 Å². The van der Waals surface area contributed by atoms with E-state index in [1.165, 1.54) is 18.2 Å². The molecule has 0 spiro atoms. The molecule has 0 atom stereocenters. The molecule has 2 N–H and O–H groups in total. The van der Waals surface area contributed by atoms with Crippen LogP contribution >= 0.6 is 15.9 Å². The first-order chi connectivity index (χ1) is 9.47. The first-order valence-electron chi connectivity index (χ1n) is 5.68. The maximum absolute atomic E-state index is 13.6. The molecular formula is C14H10BrF2NO2. The zero-order valence-electron chi connectivity index (χ0n) is 10.2. The Kier molecular flexibility index (Phi) is 4.34. The predicted octanol–water partition coefficient (Wildman–Crippen LogP) is 4.04. The number of hydrogen-bond donors (Lipinski definition) is 2. The third-order valence-electron chi connectivity index (χ3n) is 2.68. The second-order valence-corrected chi connectivity index (χ2v) is 4.96. The van der Waals surface area contributed by atoms with Crippen molar-refractivity contribution in [2.75, 3.05) is 5.32 Å². The molecule has 2 aromatic carbocycles. The Hall–Kier alpha value is -1.95. The van der Waals surface area contributed by atoms with E-state index in [0.29, 0.717) is 4.47 Å². The van der Waals surface area contributed by atoms with Gasteiger partial charge in [0, 0.05) is 6.54 Å². The lowest BCUT2D eigenvalue weighted by Gasteiger charge is -2.09. The SMILES string of the molecule is O=C(O)c1ccc(F)c(NCc2ccc(F)c(Br)c2)c1. The molecule has 0 saturated carbocycles. The quantitative estimate of drug-likeness (QED) is 0.882. The van der Waals surface area contributed by atoms with Crippen LogP contribution in [0.2, 0.25) is 0 Å². The van der Waals surface area contributed by atoms with Gasteiger partial charge in [0.05, 0.1) is 15.7 Å². The van der Waals surface area contributed by atoms with Crippen LogP contribution in [-0.2, 0) is 6.54 Å². The van der Waals surface area contributed by atoms with Crippen molar-refractivity contribution in [3.63, 3.8) is 0 Å². The smallest absolute Gasteiger partial charge is 0.335 e. The minimum absolute atomic E-state index is 0.00538. The minimum atomic E-state index is -1.13. The lowest BCUT2D eigenvalue weighted by molar-refractivity contribution is 0.0697. The maximum Gasteiger partial charge on any atom is 0.335 e. The van der Waals surface area contributed by atoms with Crippen molar-refractivity contribution in [3.05, 3.63) is 63.6 Å². The summed E-state index contributed by atoms with van der Waals surface area (Å²) in [6.45, 7) is 0.249. The summed E-state index contributed by atoms with van der Waals surface area (Å²) < 4.78 is 26.9. The van der Waals surface area contributed by atoms with Gasteiger partial charge in [0.2, 0.25) is 0 Å². The van der Waals surface area contributed by atoms with Crippen molar-refractivity contribution in [2.24, 2.45) is 0 Å². The molecule has 0 amide bonds. The van der Waals surface area contributed by atoms with Crippen LogP contribution in [0.5, 0.6) is 0 Å². The summed E-state index contributed by atoms with van der Waals surface area (Å²) in [6, 6.07) is 7.93. The van der Waals surface area contributed by atoms with E-state index in [1.807, 2.05) is 0 Å². The zero-order valence-corrected chi connectivity index (χ0v) is 11.7. The first-order valence-corrected chi connectivity index (χ1v) is 6.47. The van der Waals surface area contributed by atoms with Gasteiger partial charge in [0.15, 0.2) is 0 Å². The van der Waals surface area contributed by atoms with Crippen molar-refractivity contribution in [1.82, 2.24) is 0 Å². The Bertz CT molecular complexity index is 662. The third kappa shape index (κ3) is 3.33. The summed E-state index contributed by atoms with van der Waals surface area (Å²) in [5.74, 6) is -2.05. The zero-order chi connectivity index (χ0) is 14.7. The van der Waals surface area contributed by atoms with E-state index in [2.05, 4.69) is 21.2 Å². The van der Waals surface area contributed by atoms with Gasteiger partial charge in [0.1, 0.15) is 11.6 Å². The number of aromatic carboxylic acids is 1. The molecule has 0 saturated heterocycles. The number of rotatable bonds is 4. The Labute approximate surface area is 122 Å². The number of halogens is 3. The highest BCUT2D eigenvalue weighted by Gasteiger charge is 2.08. The highest BCUT2D eigenvalue weighted by atomic mass is 79.9. The van der Waals surface area contributed by atoms with Crippen molar-refractivity contribution >= 4 is 27.6 Å². The molecule has 0 aliphatic carbocycles. The monoisotopic (exact) mass is 341 g/mol. The lowest BCUT2D eigenvalue weighted by atomic mass is 10.1. The molecule has 0 heterocycles. The van der Waals surface area contributed by atoms with Crippen molar-refractivity contribution in [3.8, 4) is 0 Å². The molecule has 0 aliphatic rings. The second-order valence-electron chi connectivity index (χ2n) is 4.10. The number of hydrogen-bond acceptors (Lipinski definition) is 2. The van der Waals surface area contributed by atoms with Gasteiger partial charge in [-0.1, -0.05) is 6.07 Å². The number of nitrogens with one attached hydrogen (secondary N) is 1. The number of carboxylic acids is 1. The summed E-state index contributed by atoms with van der Waals surface area (Å²) in [5.41, 5.74) is 0.818. The standard InChI is InChI=1S/C14H10BrF2NO2/c15-10-5-8(1-3-11(10)16)7-18-13-6-9(14(19)20)2-4-12(13)17/h1-6,18H,7H2,(H,19,20). The van der Waals surface area contributed by atoms with Gasteiger partial charge in [0.25, 0.3) is 0 Å². The molecule has 0 aromatic heterocycles. The molecular weight excluding hydrogens is 332 g/mol. The molecule has 0 radical (unpaired) electrons. The normalized spacial score (nSPS) is 10.3. The summed E-state index contributed by atoms with van der Waals surface area (Å²) in [6.07, 6.45) is 0. The molecule has 0 aliphatic heterocycles. The Balaban J connectivity index is 2.15. The van der Waals surface area contributed by atoms with Crippen molar-refractivity contribution < 1.29 is 18.7 Å². The van der Waals surface area contributed by atoms with Crippen molar-refractivity contribution in [1.29, 1.82) is 0 Å². The highest BCUT2D eigenvalue weighted by molar-refractivity contribution is 9.10. The largest absolute Gasteiger partial charge is 0.478 e. The van der Waals surface area contributed by atoms with E-state index in [4.69, 9.17) is 5.11 Å². The van der Waals surface area contributed by atoms with Gasteiger partial charge >= 0.3 is 5.97 Å². The van der Waals surface area contributed by atoms with Gasteiger partial charge in [-0.2, -0.15) is 0 Å². The summed E-state index contributed by atoms with van der Waals surface area (Å²) in [4.78, 5) is 10.8. The molecule has 0 unspecified atom stereocenters. The first kappa shape index (κ1) is 14.5. The second kappa shape index (κ2) is 6.00. The van der Waals surface area contributed by atoms with E-state index in [0.717, 1.165) is 11.6 Å². The lowest BCUT2D eigenvalue weighted by Crippen LogP contribution is -2.04. The number of benzene rings is 2. The van der Waals surface area contributed by atoms with Crippen LogP contribution in [0, 0.1) is 11.6 Å². The van der Waals surface area contributed by atoms with Gasteiger partial charge in [-0.25, -0.2) is 13.6 Å². The summed E-state index contributed by atoms with van der Waals surface area (Å²) >= 11 is 3.06. The minimum Gasteiger partial charge on any atom is -0.478 e. The summed E-state index contributed by atoms with van der Waals surface area (Å²) in [7, 11) is 0. The van der Waals surface area contributed by atoms with Crippen LogP contribution in [-0.4, -0.2) is 11.1 Å². The predicted molar refractivity (Wildman–Crippen MR) is 74.8 cm³/mol. The fraction of sp³-hybridized carbons (Fsp3) is 0.0714. The Morgan fingerprint density at radius 3 is 2.50 bits per heavy atom. The van der Waals surface area contributed by atoms with Crippen LogP contribution in [0.3, 0.4) is 0 Å². The maximum atomic E-state index is 13.6. The number of carboxylic acid groups (broad SMARTS) is 1. The molecule has 0 fully saturated rings. The number of anilines is 1. The molecule has 20 heavy (non-hydrogen) atoms. The van der Waals surface area contributed by atoms with E-state index in [-0.39, 0.29) is 23.6 Å². The summed E-state index contributed by atoms with van der Waals surface area (Å²) in [5, 5.41) is 11.6. The molecule has 6 heteroatoms. The average molecular weight is 342 g/mol. The molecule has 104 valence electrons. The molecule has 3 nitrogen and oxygen atoms in total. The van der Waals surface area contributed by atoms with E-state index in [1.54, 1.807) is 12.1 Å². The topological polar surface area (TPSA) is 49.3 Å². The van der Waals surface area contributed by atoms with E-state index in [9.17, 15) is 13.6 Å². The molecule has 0 bridgehead atoms. The average Bonchev–Trinajstić information content (AvgIpc) is 2.41. The third-order valence-corrected chi connectivity index (χ3v) is 3.29. The van der Waals surface area contributed by atoms with Crippen LogP contribution in [0.1, 0.15) is 15.9 Å². The molecule has 2 aromatic rings. The van der Waals surface area contributed by atoms with E-state index >= 15 is 0 Å². The van der Waals surface area contributed by atoms with Gasteiger partial charge < -0.3 is 10.4 Å². The van der Waals surface area contributed by atoms with Gasteiger partial charge in [-0.15, -0.1) is 0 Å². The van der Waals surface area contributed by atoms with Gasteiger partial charge in [-0.3, -0.25) is 0 Å². The fourth-order valence-corrected chi connectivity index (χ4v) is 2.07. The molecule has 2 rings (SSSR count). The fourth-order valence-electron chi connectivity index (χ4n) is 1.64. The Morgan fingerprint density at radius 1 is 1.15 bits per heavy atom. The number of carbonyl (C=O) groups is 1. The van der Waals surface area contributed by atoms with Crippen molar-refractivity contribution in [2.45, 2.75) is 6.54 Å². The van der Waals surface area contributed by atoms with Crippen LogP contribution < -0.4 is 5.32 Å². The van der Waals surface area contributed by atoms with Crippen LogP contribution in [0.4, 0.5) is 14.5 Å². The van der Waals surface area contributed by atoms with E-state index < -0.39 is 11.8 Å². The van der Waals surface area contributed by atoms with Crippen LogP contribution in [0.25, 0.3) is 0 Å².